The molecule has 1 aliphatic carbocycles. The molecule has 0 N–H and O–H groups in total. The number of hydrogen-bond donors (Lipinski definition) is 0. The number of carbonyl (C=O) groups is 2. The molecule has 1 heterocycles. The summed E-state index contributed by atoms with van der Waals surface area (Å²) in [6.45, 7) is 2.68. The number of phosphoric ester groups is 1. The van der Waals surface area contributed by atoms with Crippen LogP contribution in [-0.2, 0) is 64.3 Å². The number of nitro benzene ring substituents is 2. The molecule has 0 amide bonds. The fraction of sp³-hybridized carbons (Fsp3) is 0.484. The van der Waals surface area contributed by atoms with E-state index in [2.05, 4.69) is 31.9 Å². The van der Waals surface area contributed by atoms with E-state index in [4.69, 9.17) is 37.3 Å². The second-order valence-corrected chi connectivity index (χ2v) is 16.3. The van der Waals surface area contributed by atoms with E-state index in [0.29, 0.717) is 11.1 Å². The Morgan fingerprint density at radius 2 is 1.43 bits per heavy atom. The second kappa shape index (κ2) is 17.1. The van der Waals surface area contributed by atoms with Gasteiger partial charge in [0, 0.05) is 36.3 Å². The van der Waals surface area contributed by atoms with Gasteiger partial charge >= 0.3 is 25.5 Å². The van der Waals surface area contributed by atoms with Crippen LogP contribution in [0.2, 0.25) is 0 Å². The molecule has 17 nitrogen and oxygen atoms in total. The molecule has 0 bridgehead atoms. The number of esters is 2. The molecule has 4 rings (SSSR count). The van der Waals surface area contributed by atoms with Crippen molar-refractivity contribution in [2.45, 2.75) is 66.7 Å². The van der Waals surface area contributed by atoms with Gasteiger partial charge in [-0.3, -0.25) is 29.3 Å². The average molecular weight is 866 g/mol. The van der Waals surface area contributed by atoms with Gasteiger partial charge in [0.1, 0.15) is 15.9 Å². The summed E-state index contributed by atoms with van der Waals surface area (Å²) in [6.07, 6.45) is -1.26. The van der Waals surface area contributed by atoms with Gasteiger partial charge in [-0.1, -0.05) is 56.1 Å². The van der Waals surface area contributed by atoms with Crippen LogP contribution in [0.4, 0.5) is 11.4 Å². The van der Waals surface area contributed by atoms with Gasteiger partial charge in [-0.15, -0.1) is 0 Å². The van der Waals surface area contributed by atoms with E-state index in [1.165, 1.54) is 55.6 Å². The highest BCUT2D eigenvalue weighted by Gasteiger charge is 2.59. The number of rotatable bonds is 17. The van der Waals surface area contributed by atoms with Gasteiger partial charge < -0.3 is 23.7 Å². The standard InChI is InChI=1S/C31H35Br2N2O15P/c1-30(2)47-24-17-21(27(36)43-3)18-25(26(24)49-30)48-31(28(32)33,29(37)44-4)50-51(42,45-15-13-19-5-9-22(10-6-19)34(38)39)46-16-14-20-7-11-23(12-8-20)35(40)41/h5-12,17,24-26,28H,13-16,18H2,1-4H3/t24-,25-,26-,31?/m1/s1. The summed E-state index contributed by atoms with van der Waals surface area (Å²) in [7, 11) is -2.58. The lowest BCUT2D eigenvalue weighted by molar-refractivity contribution is -0.385. The van der Waals surface area contributed by atoms with Gasteiger partial charge in [0.2, 0.25) is 0 Å². The SMILES string of the molecule is COC(=O)C1=C[C@H]2OC(C)(C)O[C@H]2[C@H](OC(OP(=O)(OCCc2ccc([N+](=O)[O-])cc2)OCCc2ccc([N+](=O)[O-])cc2)(C(=O)OC)C(Br)Br)C1. The molecular weight excluding hydrogens is 831 g/mol. The number of carbonyl (C=O) groups excluding carboxylic acids is 2. The first kappa shape index (κ1) is 40.6. The van der Waals surface area contributed by atoms with Gasteiger partial charge in [-0.05, 0) is 43.9 Å². The summed E-state index contributed by atoms with van der Waals surface area (Å²) in [5.41, 5.74) is 1.08. The monoisotopic (exact) mass is 864 g/mol. The van der Waals surface area contributed by atoms with Crippen molar-refractivity contribution in [2.75, 3.05) is 27.4 Å². The average Bonchev–Trinajstić information content (AvgIpc) is 3.41. The number of non-ortho nitro benzene ring substituents is 2. The van der Waals surface area contributed by atoms with E-state index in [1.807, 2.05) is 0 Å². The highest BCUT2D eigenvalue weighted by Crippen LogP contribution is 2.56. The number of ether oxygens (including phenoxy) is 5. The normalized spacial score (nSPS) is 20.9. The number of benzene rings is 2. The minimum atomic E-state index is -4.83. The Balaban J connectivity index is 1.64. The van der Waals surface area contributed by atoms with Crippen LogP contribution in [0, 0.1) is 20.2 Å². The van der Waals surface area contributed by atoms with Crippen LogP contribution in [0.5, 0.6) is 0 Å². The zero-order valence-corrected chi connectivity index (χ0v) is 31.8. The third-order valence-corrected chi connectivity index (χ3v) is 10.4. The summed E-state index contributed by atoms with van der Waals surface area (Å²) in [6, 6.07) is 11.2. The summed E-state index contributed by atoms with van der Waals surface area (Å²) in [5, 5.41) is 22.1. The summed E-state index contributed by atoms with van der Waals surface area (Å²) in [5.74, 6) is -5.59. The smallest absolute Gasteiger partial charge is 0.466 e. The number of nitro groups is 2. The van der Waals surface area contributed by atoms with Gasteiger partial charge in [-0.2, -0.15) is 0 Å². The zero-order chi connectivity index (χ0) is 37.6. The molecule has 1 fully saturated rings. The van der Waals surface area contributed by atoms with Gasteiger partial charge in [0.25, 0.3) is 11.4 Å². The quantitative estimate of drug-likeness (QED) is 0.0457. The molecular formula is C31H35Br2N2O15P. The molecule has 4 atom stereocenters. The largest absolute Gasteiger partial charge is 0.477 e. The number of halogens is 2. The van der Waals surface area contributed by atoms with E-state index < -0.39 is 63.2 Å². The molecule has 1 aliphatic heterocycles. The lowest BCUT2D eigenvalue weighted by Gasteiger charge is -2.40. The number of methoxy groups -OCH3 is 2. The highest BCUT2D eigenvalue weighted by atomic mass is 79.9. The van der Waals surface area contributed by atoms with Crippen molar-refractivity contribution in [2.24, 2.45) is 0 Å². The Bertz CT molecular complexity index is 1600. The van der Waals surface area contributed by atoms with E-state index in [9.17, 15) is 34.4 Å². The topological polar surface area (TPSA) is 211 Å². The van der Waals surface area contributed by atoms with Crippen molar-refractivity contribution in [1.29, 1.82) is 0 Å². The Morgan fingerprint density at radius 1 is 0.922 bits per heavy atom. The first-order valence-electron chi connectivity index (χ1n) is 15.3. The lowest BCUT2D eigenvalue weighted by Crippen LogP contribution is -2.55. The third-order valence-electron chi connectivity index (χ3n) is 7.67. The number of fused-ring (bicyclic) bond motifs is 1. The predicted molar refractivity (Wildman–Crippen MR) is 184 cm³/mol. The van der Waals surface area contributed by atoms with Crippen LogP contribution < -0.4 is 0 Å². The summed E-state index contributed by atoms with van der Waals surface area (Å²) < 4.78 is 58.9. The molecule has 2 aromatic rings. The van der Waals surface area contributed by atoms with Gasteiger partial charge in [0.15, 0.2) is 5.79 Å². The minimum absolute atomic E-state index is 0.0924. The van der Waals surface area contributed by atoms with Crippen LogP contribution in [0.1, 0.15) is 31.4 Å². The second-order valence-electron chi connectivity index (χ2n) is 11.6. The zero-order valence-electron chi connectivity index (χ0n) is 27.8. The maximum atomic E-state index is 14.5. The van der Waals surface area contributed by atoms with E-state index in [-0.39, 0.29) is 49.4 Å². The van der Waals surface area contributed by atoms with Crippen molar-refractivity contribution < 1.29 is 61.3 Å². The molecule has 1 saturated heterocycles. The van der Waals surface area contributed by atoms with Crippen molar-refractivity contribution in [1.82, 2.24) is 0 Å². The Morgan fingerprint density at radius 3 is 1.86 bits per heavy atom. The van der Waals surface area contributed by atoms with Crippen LogP contribution in [-0.4, -0.2) is 82.8 Å². The molecule has 2 aliphatic rings. The van der Waals surface area contributed by atoms with Crippen LogP contribution in [0.15, 0.2) is 60.2 Å². The minimum Gasteiger partial charge on any atom is -0.466 e. The fourth-order valence-corrected chi connectivity index (χ4v) is 7.68. The number of phosphoric acid groups is 1. The van der Waals surface area contributed by atoms with Crippen molar-refractivity contribution in [3.8, 4) is 0 Å². The molecule has 0 radical (unpaired) electrons. The Labute approximate surface area is 309 Å². The third kappa shape index (κ3) is 10.3. The maximum absolute atomic E-state index is 14.5. The maximum Gasteiger partial charge on any atom is 0.477 e. The molecule has 2 aromatic carbocycles. The molecule has 278 valence electrons. The first-order valence-corrected chi connectivity index (χ1v) is 18.6. The van der Waals surface area contributed by atoms with E-state index in [0.717, 1.165) is 7.11 Å². The molecule has 51 heavy (non-hydrogen) atoms. The molecule has 0 aromatic heterocycles. The van der Waals surface area contributed by atoms with E-state index >= 15 is 0 Å². The predicted octanol–water partition coefficient (Wildman–Crippen LogP) is 5.84. The van der Waals surface area contributed by atoms with Gasteiger partial charge in [0.05, 0.1) is 43.4 Å². The van der Waals surface area contributed by atoms with Crippen molar-refractivity contribution in [3.63, 3.8) is 0 Å². The van der Waals surface area contributed by atoms with Gasteiger partial charge in [-0.25, -0.2) is 18.7 Å². The lowest BCUT2D eigenvalue weighted by atomic mass is 9.92. The Kier molecular flexibility index (Phi) is 13.7. The highest BCUT2D eigenvalue weighted by molar-refractivity contribution is 9.24. The fourth-order valence-electron chi connectivity index (χ4n) is 5.25. The molecule has 0 saturated carbocycles. The van der Waals surface area contributed by atoms with Crippen molar-refractivity contribution in [3.05, 3.63) is 91.5 Å². The number of nitrogens with zero attached hydrogens (tertiary/aromatic N) is 2. The summed E-state index contributed by atoms with van der Waals surface area (Å²) >= 11 is 6.53. The summed E-state index contributed by atoms with van der Waals surface area (Å²) in [4.78, 5) is 47.3. The molecule has 20 heteroatoms. The number of alkyl halides is 2. The van der Waals surface area contributed by atoms with Crippen molar-refractivity contribution >= 4 is 63.0 Å². The Hall–Kier alpha value is -3.13. The molecule has 0 spiro atoms. The first-order chi connectivity index (χ1) is 24.0. The van der Waals surface area contributed by atoms with Crippen LogP contribution >= 0.6 is 39.7 Å². The van der Waals surface area contributed by atoms with Crippen LogP contribution in [0.3, 0.4) is 0 Å². The van der Waals surface area contributed by atoms with Crippen LogP contribution in [0.25, 0.3) is 0 Å². The number of hydrogen-bond acceptors (Lipinski definition) is 15. The molecule has 1 unspecified atom stereocenters. The van der Waals surface area contributed by atoms with E-state index in [1.54, 1.807) is 19.9 Å².